The van der Waals surface area contributed by atoms with E-state index < -0.39 is 0 Å². The van der Waals surface area contributed by atoms with Crippen LogP contribution in [0.25, 0.3) is 11.4 Å². The maximum Gasteiger partial charge on any atom is 0.141 e. The summed E-state index contributed by atoms with van der Waals surface area (Å²) in [6.07, 6.45) is 0.707. The molecule has 0 atom stereocenters. The van der Waals surface area contributed by atoms with Gasteiger partial charge < -0.3 is 10.3 Å². The van der Waals surface area contributed by atoms with Gasteiger partial charge in [-0.3, -0.25) is 0 Å². The normalized spacial score (nSPS) is 10.8. The number of rotatable bonds is 3. The molecule has 0 aliphatic heterocycles. The number of benzene rings is 1. The van der Waals surface area contributed by atoms with E-state index in [2.05, 4.69) is 24.0 Å². The van der Waals surface area contributed by atoms with Crippen LogP contribution in [-0.2, 0) is 13.5 Å². The zero-order chi connectivity index (χ0) is 12.4. The summed E-state index contributed by atoms with van der Waals surface area (Å²) < 4.78 is 1.91. The molecular formula is C13H16ClN3. The van der Waals surface area contributed by atoms with Crippen molar-refractivity contribution in [2.24, 2.45) is 12.8 Å². The van der Waals surface area contributed by atoms with Gasteiger partial charge in [0.25, 0.3) is 0 Å². The summed E-state index contributed by atoms with van der Waals surface area (Å²) in [5.74, 6) is 0.900. The van der Waals surface area contributed by atoms with Gasteiger partial charge in [-0.15, -0.1) is 0 Å². The summed E-state index contributed by atoms with van der Waals surface area (Å²) in [4.78, 5) is 4.58. The minimum Gasteiger partial charge on any atom is -0.330 e. The Morgan fingerprint density at radius 1 is 1.35 bits per heavy atom. The Morgan fingerprint density at radius 2 is 2.06 bits per heavy atom. The number of hydrogen-bond acceptors (Lipinski definition) is 2. The monoisotopic (exact) mass is 249 g/mol. The number of halogens is 1. The zero-order valence-corrected chi connectivity index (χ0v) is 10.8. The number of imidazole rings is 1. The molecule has 1 heterocycles. The third-order valence-corrected chi connectivity index (χ3v) is 3.33. The molecule has 0 aliphatic carbocycles. The van der Waals surface area contributed by atoms with Crippen LogP contribution in [0.5, 0.6) is 0 Å². The van der Waals surface area contributed by atoms with E-state index in [4.69, 9.17) is 17.3 Å². The van der Waals surface area contributed by atoms with Gasteiger partial charge in [0, 0.05) is 19.0 Å². The van der Waals surface area contributed by atoms with Crippen molar-refractivity contribution < 1.29 is 0 Å². The van der Waals surface area contributed by atoms with Crippen LogP contribution < -0.4 is 5.73 Å². The second-order valence-electron chi connectivity index (χ2n) is 4.09. The number of nitrogens with zero attached hydrogens (tertiary/aromatic N) is 2. The van der Waals surface area contributed by atoms with E-state index >= 15 is 0 Å². The molecule has 1 aromatic carbocycles. The first kappa shape index (κ1) is 12.1. The Morgan fingerprint density at radius 3 is 2.71 bits per heavy atom. The zero-order valence-electron chi connectivity index (χ0n) is 10.1. The maximum atomic E-state index is 6.24. The molecule has 0 aliphatic rings. The molecule has 0 radical (unpaired) electrons. The summed E-state index contributed by atoms with van der Waals surface area (Å²) in [6.45, 7) is 2.63. The highest BCUT2D eigenvalue weighted by Gasteiger charge is 2.14. The van der Waals surface area contributed by atoms with Crippen LogP contribution in [0, 0.1) is 6.92 Å². The highest BCUT2D eigenvalue weighted by Crippen LogP contribution is 2.27. The number of nitrogens with two attached hydrogens (primary N) is 1. The van der Waals surface area contributed by atoms with E-state index in [-0.39, 0.29) is 0 Å². The molecule has 0 saturated carbocycles. The SMILES string of the molecule is Cc1ccccc1-c1nc(CCN)c(Cl)n1C. The fraction of sp³-hybridized carbons (Fsp3) is 0.308. The molecule has 0 spiro atoms. The maximum absolute atomic E-state index is 6.24. The van der Waals surface area contributed by atoms with Gasteiger partial charge in [-0.2, -0.15) is 0 Å². The number of aryl methyl sites for hydroxylation is 1. The van der Waals surface area contributed by atoms with Crippen molar-refractivity contribution in [2.45, 2.75) is 13.3 Å². The largest absolute Gasteiger partial charge is 0.330 e. The molecule has 1 aromatic heterocycles. The Labute approximate surface area is 106 Å². The lowest BCUT2D eigenvalue weighted by Gasteiger charge is -2.05. The topological polar surface area (TPSA) is 43.8 Å². The van der Waals surface area contributed by atoms with Gasteiger partial charge in [-0.05, 0) is 19.0 Å². The van der Waals surface area contributed by atoms with Crippen molar-refractivity contribution in [3.63, 3.8) is 0 Å². The van der Waals surface area contributed by atoms with Crippen LogP contribution in [-0.4, -0.2) is 16.1 Å². The van der Waals surface area contributed by atoms with Crippen LogP contribution in [0.2, 0.25) is 5.15 Å². The predicted molar refractivity (Wildman–Crippen MR) is 71.1 cm³/mol. The first-order valence-corrected chi connectivity index (χ1v) is 6.00. The van der Waals surface area contributed by atoms with E-state index in [1.165, 1.54) is 5.56 Å². The molecule has 0 unspecified atom stereocenters. The number of hydrogen-bond donors (Lipinski definition) is 1. The smallest absolute Gasteiger partial charge is 0.141 e. The van der Waals surface area contributed by atoms with Crippen LogP contribution in [0.3, 0.4) is 0 Å². The summed E-state index contributed by atoms with van der Waals surface area (Å²) in [5.41, 5.74) is 8.72. The van der Waals surface area contributed by atoms with Crippen molar-refractivity contribution in [1.82, 2.24) is 9.55 Å². The van der Waals surface area contributed by atoms with E-state index in [1.807, 2.05) is 23.7 Å². The van der Waals surface area contributed by atoms with Crippen LogP contribution in [0.1, 0.15) is 11.3 Å². The molecule has 4 heteroatoms. The van der Waals surface area contributed by atoms with Gasteiger partial charge in [0.15, 0.2) is 0 Å². The molecule has 3 nitrogen and oxygen atoms in total. The molecule has 0 bridgehead atoms. The molecule has 0 amide bonds. The van der Waals surface area contributed by atoms with Crippen molar-refractivity contribution >= 4 is 11.6 Å². The molecule has 0 saturated heterocycles. The minimum atomic E-state index is 0.559. The van der Waals surface area contributed by atoms with Crippen molar-refractivity contribution in [3.05, 3.63) is 40.7 Å². The lowest BCUT2D eigenvalue weighted by atomic mass is 10.1. The minimum absolute atomic E-state index is 0.559. The Kier molecular flexibility index (Phi) is 3.50. The average molecular weight is 250 g/mol. The summed E-state index contributed by atoms with van der Waals surface area (Å²) in [5, 5.41) is 0.675. The first-order valence-electron chi connectivity index (χ1n) is 5.62. The van der Waals surface area contributed by atoms with Gasteiger partial charge >= 0.3 is 0 Å². The quantitative estimate of drug-likeness (QED) is 0.909. The lowest BCUT2D eigenvalue weighted by Crippen LogP contribution is -2.03. The standard InChI is InChI=1S/C13H16ClN3/c1-9-5-3-4-6-10(9)13-16-11(7-8-15)12(14)17(13)2/h3-6H,7-8,15H2,1-2H3. The van der Waals surface area contributed by atoms with E-state index in [0.29, 0.717) is 18.1 Å². The number of aromatic nitrogens is 2. The van der Waals surface area contributed by atoms with Gasteiger partial charge in [0.2, 0.25) is 0 Å². The van der Waals surface area contributed by atoms with E-state index in [0.717, 1.165) is 17.1 Å². The Bertz CT molecular complexity index is 531. The van der Waals surface area contributed by atoms with Crippen LogP contribution in [0.4, 0.5) is 0 Å². The highest BCUT2D eigenvalue weighted by molar-refractivity contribution is 6.30. The van der Waals surface area contributed by atoms with Crippen molar-refractivity contribution in [3.8, 4) is 11.4 Å². The summed E-state index contributed by atoms with van der Waals surface area (Å²) in [7, 11) is 1.93. The molecule has 0 fully saturated rings. The summed E-state index contributed by atoms with van der Waals surface area (Å²) in [6, 6.07) is 8.15. The van der Waals surface area contributed by atoms with Gasteiger partial charge in [0.05, 0.1) is 5.69 Å². The summed E-state index contributed by atoms with van der Waals surface area (Å²) >= 11 is 6.24. The van der Waals surface area contributed by atoms with Crippen molar-refractivity contribution in [2.75, 3.05) is 6.54 Å². The molecular weight excluding hydrogens is 234 g/mol. The predicted octanol–water partition coefficient (Wildman–Crippen LogP) is 2.55. The molecule has 2 aromatic rings. The highest BCUT2D eigenvalue weighted by atomic mass is 35.5. The lowest BCUT2D eigenvalue weighted by molar-refractivity contribution is 0.913. The second-order valence-corrected chi connectivity index (χ2v) is 4.44. The average Bonchev–Trinajstić information content (AvgIpc) is 2.59. The van der Waals surface area contributed by atoms with Crippen LogP contribution in [0.15, 0.2) is 24.3 Å². The van der Waals surface area contributed by atoms with Gasteiger partial charge in [-0.1, -0.05) is 35.9 Å². The van der Waals surface area contributed by atoms with Crippen LogP contribution >= 0.6 is 11.6 Å². The third kappa shape index (κ3) is 2.21. The molecule has 2 N–H and O–H groups in total. The first-order chi connectivity index (χ1) is 8.15. The second kappa shape index (κ2) is 4.90. The van der Waals surface area contributed by atoms with E-state index in [9.17, 15) is 0 Å². The molecule has 90 valence electrons. The third-order valence-electron chi connectivity index (χ3n) is 2.86. The fourth-order valence-corrected chi connectivity index (χ4v) is 2.11. The Balaban J connectivity index is 2.53. The molecule has 2 rings (SSSR count). The van der Waals surface area contributed by atoms with E-state index in [1.54, 1.807) is 0 Å². The Hall–Kier alpha value is -1.32. The molecule has 17 heavy (non-hydrogen) atoms. The fourth-order valence-electron chi connectivity index (χ4n) is 1.90. The van der Waals surface area contributed by atoms with Crippen molar-refractivity contribution in [1.29, 1.82) is 0 Å². The van der Waals surface area contributed by atoms with Gasteiger partial charge in [0.1, 0.15) is 11.0 Å². The van der Waals surface area contributed by atoms with Gasteiger partial charge in [-0.25, -0.2) is 4.98 Å².